The van der Waals surface area contributed by atoms with E-state index >= 15 is 0 Å². The number of likely N-dealkylation sites (tertiary alicyclic amines) is 1. The maximum atomic E-state index is 12.4. The predicted molar refractivity (Wildman–Crippen MR) is 79.7 cm³/mol. The van der Waals surface area contributed by atoms with Crippen molar-refractivity contribution in [3.05, 3.63) is 0 Å². The van der Waals surface area contributed by atoms with Crippen LogP contribution in [0.5, 0.6) is 0 Å². The first-order valence-corrected chi connectivity index (χ1v) is 7.74. The molecule has 2 atom stereocenters. The first-order valence-electron chi connectivity index (χ1n) is 7.74. The van der Waals surface area contributed by atoms with Crippen molar-refractivity contribution >= 4 is 12.0 Å². The van der Waals surface area contributed by atoms with Crippen molar-refractivity contribution in [3.8, 4) is 0 Å². The minimum Gasteiger partial charge on any atom is -0.444 e. The highest BCUT2D eigenvalue weighted by Crippen LogP contribution is 2.33. The summed E-state index contributed by atoms with van der Waals surface area (Å²) in [5.41, 5.74) is 5.16. The highest BCUT2D eigenvalue weighted by atomic mass is 16.6. The molecular weight excluding hydrogens is 270 g/mol. The molecule has 0 aromatic rings. The van der Waals surface area contributed by atoms with Gasteiger partial charge in [0.2, 0.25) is 5.91 Å². The topological polar surface area (TPSA) is 75.9 Å². The Balaban J connectivity index is 2.00. The lowest BCUT2D eigenvalue weighted by Crippen LogP contribution is -2.47. The van der Waals surface area contributed by atoms with E-state index in [1.54, 1.807) is 11.8 Å². The lowest BCUT2D eigenvalue weighted by atomic mass is 10.2. The minimum atomic E-state index is -0.496. The van der Waals surface area contributed by atoms with Crippen molar-refractivity contribution in [2.45, 2.75) is 70.7 Å². The number of carbonyl (C=O) groups is 2. The Hall–Kier alpha value is -1.30. The summed E-state index contributed by atoms with van der Waals surface area (Å²) in [7, 11) is 0. The van der Waals surface area contributed by atoms with Gasteiger partial charge in [0.15, 0.2) is 0 Å². The third kappa shape index (κ3) is 4.09. The molecule has 1 saturated heterocycles. The number of amides is 2. The predicted octanol–water partition coefficient (Wildman–Crippen LogP) is 1.33. The largest absolute Gasteiger partial charge is 0.444 e. The Morgan fingerprint density at radius 2 is 1.86 bits per heavy atom. The SMILES string of the molecule is C[C@H](N)C(=O)N1CC[C@@H](N(C(=O)OC(C)(C)C)C2CC2)C1. The molecule has 2 fully saturated rings. The summed E-state index contributed by atoms with van der Waals surface area (Å²) in [6, 6.07) is -0.162. The molecule has 21 heavy (non-hydrogen) atoms. The van der Waals surface area contributed by atoms with Crippen LogP contribution in [0.1, 0.15) is 47.0 Å². The monoisotopic (exact) mass is 297 g/mol. The summed E-state index contributed by atoms with van der Waals surface area (Å²) in [5.74, 6) is -0.0440. The van der Waals surface area contributed by atoms with Crippen LogP contribution in [-0.2, 0) is 9.53 Å². The molecule has 0 radical (unpaired) electrons. The van der Waals surface area contributed by atoms with E-state index in [0.29, 0.717) is 13.1 Å². The van der Waals surface area contributed by atoms with Gasteiger partial charge >= 0.3 is 6.09 Å². The van der Waals surface area contributed by atoms with Crippen LogP contribution in [0.4, 0.5) is 4.79 Å². The number of nitrogens with zero attached hydrogens (tertiary/aromatic N) is 2. The van der Waals surface area contributed by atoms with Gasteiger partial charge in [0.25, 0.3) is 0 Å². The molecule has 2 rings (SSSR count). The van der Waals surface area contributed by atoms with E-state index in [4.69, 9.17) is 10.5 Å². The molecule has 1 heterocycles. The molecule has 1 saturated carbocycles. The van der Waals surface area contributed by atoms with E-state index in [2.05, 4.69) is 0 Å². The fraction of sp³-hybridized carbons (Fsp3) is 0.867. The van der Waals surface area contributed by atoms with Gasteiger partial charge in [-0.3, -0.25) is 4.79 Å². The second kappa shape index (κ2) is 5.83. The summed E-state index contributed by atoms with van der Waals surface area (Å²) >= 11 is 0. The zero-order valence-corrected chi connectivity index (χ0v) is 13.5. The van der Waals surface area contributed by atoms with Gasteiger partial charge in [-0.25, -0.2) is 4.79 Å². The average molecular weight is 297 g/mol. The van der Waals surface area contributed by atoms with Crippen molar-refractivity contribution in [1.82, 2.24) is 9.80 Å². The van der Waals surface area contributed by atoms with Gasteiger partial charge in [0.05, 0.1) is 12.1 Å². The second-order valence-corrected chi connectivity index (χ2v) is 7.13. The molecule has 2 amide bonds. The van der Waals surface area contributed by atoms with Gasteiger partial charge in [0.1, 0.15) is 5.60 Å². The van der Waals surface area contributed by atoms with Gasteiger partial charge in [-0.05, 0) is 47.0 Å². The van der Waals surface area contributed by atoms with Gasteiger partial charge in [-0.15, -0.1) is 0 Å². The van der Waals surface area contributed by atoms with Crippen LogP contribution in [0.25, 0.3) is 0 Å². The van der Waals surface area contributed by atoms with Gasteiger partial charge in [-0.2, -0.15) is 0 Å². The molecule has 120 valence electrons. The normalized spacial score (nSPS) is 23.9. The Bertz CT molecular complexity index is 413. The summed E-state index contributed by atoms with van der Waals surface area (Å²) in [5, 5.41) is 0. The molecular formula is C15H27N3O3. The van der Waals surface area contributed by atoms with Crippen molar-refractivity contribution in [2.75, 3.05) is 13.1 Å². The molecule has 6 nitrogen and oxygen atoms in total. The van der Waals surface area contributed by atoms with Gasteiger partial charge < -0.3 is 20.3 Å². The molecule has 1 aliphatic heterocycles. The quantitative estimate of drug-likeness (QED) is 0.853. The Morgan fingerprint density at radius 1 is 1.24 bits per heavy atom. The van der Waals surface area contributed by atoms with Crippen LogP contribution >= 0.6 is 0 Å². The fourth-order valence-electron chi connectivity index (χ4n) is 2.72. The number of hydrogen-bond acceptors (Lipinski definition) is 4. The first-order chi connectivity index (χ1) is 9.69. The molecule has 0 aromatic carbocycles. The number of carbonyl (C=O) groups excluding carboxylic acids is 2. The Morgan fingerprint density at radius 3 is 2.33 bits per heavy atom. The maximum Gasteiger partial charge on any atom is 0.410 e. The first kappa shape index (κ1) is 16.1. The summed E-state index contributed by atoms with van der Waals surface area (Å²) in [4.78, 5) is 28.0. The van der Waals surface area contributed by atoms with E-state index in [9.17, 15) is 9.59 Å². The van der Waals surface area contributed by atoms with Crippen molar-refractivity contribution < 1.29 is 14.3 Å². The van der Waals surface area contributed by atoms with E-state index in [1.807, 2.05) is 25.7 Å². The minimum absolute atomic E-state index is 0.0440. The zero-order valence-electron chi connectivity index (χ0n) is 13.5. The Labute approximate surface area is 126 Å². The molecule has 0 unspecified atom stereocenters. The van der Waals surface area contributed by atoms with E-state index in [0.717, 1.165) is 19.3 Å². The van der Waals surface area contributed by atoms with Crippen LogP contribution in [0.2, 0.25) is 0 Å². The third-order valence-corrected chi connectivity index (χ3v) is 3.80. The fourth-order valence-corrected chi connectivity index (χ4v) is 2.72. The lowest BCUT2D eigenvalue weighted by molar-refractivity contribution is -0.131. The van der Waals surface area contributed by atoms with Crippen LogP contribution in [-0.4, -0.2) is 58.6 Å². The van der Waals surface area contributed by atoms with Crippen LogP contribution < -0.4 is 5.73 Å². The van der Waals surface area contributed by atoms with Crippen LogP contribution in [0, 0.1) is 0 Å². The van der Waals surface area contributed by atoms with E-state index in [-0.39, 0.29) is 24.1 Å². The maximum absolute atomic E-state index is 12.4. The molecule has 2 N–H and O–H groups in total. The van der Waals surface area contributed by atoms with E-state index < -0.39 is 11.6 Å². The Kier molecular flexibility index (Phi) is 4.46. The number of rotatable bonds is 3. The van der Waals surface area contributed by atoms with Crippen molar-refractivity contribution in [2.24, 2.45) is 5.73 Å². The molecule has 0 bridgehead atoms. The second-order valence-electron chi connectivity index (χ2n) is 7.13. The smallest absolute Gasteiger partial charge is 0.410 e. The zero-order chi connectivity index (χ0) is 15.8. The third-order valence-electron chi connectivity index (χ3n) is 3.80. The molecule has 0 aromatic heterocycles. The lowest BCUT2D eigenvalue weighted by Gasteiger charge is -2.31. The average Bonchev–Trinajstić information content (AvgIpc) is 3.03. The molecule has 1 aliphatic carbocycles. The molecule has 0 spiro atoms. The standard InChI is InChI=1S/C15H27N3O3/c1-10(16)13(19)17-8-7-12(9-17)18(11-5-6-11)14(20)21-15(2,3)4/h10-12H,5-9,16H2,1-4H3/t10-,12+/m0/s1. The molecule has 2 aliphatic rings. The van der Waals surface area contributed by atoms with Crippen LogP contribution in [0.3, 0.4) is 0 Å². The van der Waals surface area contributed by atoms with Gasteiger partial charge in [0, 0.05) is 19.1 Å². The highest BCUT2D eigenvalue weighted by molar-refractivity contribution is 5.81. The van der Waals surface area contributed by atoms with Crippen molar-refractivity contribution in [3.63, 3.8) is 0 Å². The summed E-state index contributed by atoms with van der Waals surface area (Å²) < 4.78 is 5.52. The molecule has 6 heteroatoms. The number of ether oxygens (including phenoxy) is 1. The van der Waals surface area contributed by atoms with Crippen LogP contribution in [0.15, 0.2) is 0 Å². The summed E-state index contributed by atoms with van der Waals surface area (Å²) in [6.07, 6.45) is 2.59. The number of hydrogen-bond donors (Lipinski definition) is 1. The van der Waals surface area contributed by atoms with Gasteiger partial charge in [-0.1, -0.05) is 0 Å². The summed E-state index contributed by atoms with van der Waals surface area (Å²) in [6.45, 7) is 8.54. The van der Waals surface area contributed by atoms with Crippen molar-refractivity contribution in [1.29, 1.82) is 0 Å². The number of nitrogens with two attached hydrogens (primary N) is 1. The highest BCUT2D eigenvalue weighted by Gasteiger charge is 2.42. The van der Waals surface area contributed by atoms with E-state index in [1.165, 1.54) is 0 Å².